The maximum absolute atomic E-state index is 11.8. The largest absolute Gasteiger partial charge is 0.348 e. The van der Waals surface area contributed by atoms with E-state index in [9.17, 15) is 4.79 Å². The summed E-state index contributed by atoms with van der Waals surface area (Å²) in [7, 11) is 1.65. The molecule has 4 nitrogen and oxygen atoms in total. The van der Waals surface area contributed by atoms with E-state index in [1.54, 1.807) is 39.2 Å². The molecule has 0 atom stereocenters. The molecule has 1 rings (SSSR count). The van der Waals surface area contributed by atoms with Gasteiger partial charge >= 0.3 is 0 Å². The lowest BCUT2D eigenvalue weighted by atomic mass is 9.94. The normalized spacial score (nSPS) is 10.7. The number of aromatic amines is 1. The standard InChI is InChI=1S/C10H13N3O/c1-10(2,7-11)9(14)13(3)8-5-4-6-12-8/h4-6,12H,1-3H3. The highest BCUT2D eigenvalue weighted by atomic mass is 16.2. The summed E-state index contributed by atoms with van der Waals surface area (Å²) in [6, 6.07) is 5.57. The minimum absolute atomic E-state index is 0.220. The summed E-state index contributed by atoms with van der Waals surface area (Å²) in [6.07, 6.45) is 1.73. The predicted octanol–water partition coefficient (Wildman–Crippen LogP) is 1.53. The second-order valence-corrected chi connectivity index (χ2v) is 3.66. The van der Waals surface area contributed by atoms with Crippen LogP contribution in [0.25, 0.3) is 0 Å². The summed E-state index contributed by atoms with van der Waals surface area (Å²) in [5, 5.41) is 8.80. The molecule has 0 aliphatic rings. The van der Waals surface area contributed by atoms with Gasteiger partial charge in [-0.05, 0) is 26.0 Å². The van der Waals surface area contributed by atoms with Crippen molar-refractivity contribution in [3.8, 4) is 6.07 Å². The Bertz CT molecular complexity index is 359. The fraction of sp³-hybridized carbons (Fsp3) is 0.400. The molecule has 1 amide bonds. The van der Waals surface area contributed by atoms with Crippen LogP contribution in [0.15, 0.2) is 18.3 Å². The molecule has 0 aromatic carbocycles. The van der Waals surface area contributed by atoms with Crippen molar-refractivity contribution in [1.82, 2.24) is 4.98 Å². The van der Waals surface area contributed by atoms with Crippen molar-refractivity contribution >= 4 is 11.7 Å². The fourth-order valence-electron chi connectivity index (χ4n) is 1.11. The van der Waals surface area contributed by atoms with E-state index in [1.165, 1.54) is 4.90 Å². The Kier molecular flexibility index (Phi) is 2.61. The molecule has 1 aromatic heterocycles. The number of H-pyrrole nitrogens is 1. The van der Waals surface area contributed by atoms with E-state index in [1.807, 2.05) is 6.07 Å². The van der Waals surface area contributed by atoms with Crippen LogP contribution in [0, 0.1) is 16.7 Å². The molecule has 1 aromatic rings. The molecule has 0 fully saturated rings. The number of hydrogen-bond donors (Lipinski definition) is 1. The lowest BCUT2D eigenvalue weighted by molar-refractivity contribution is -0.123. The SMILES string of the molecule is CN(C(=O)C(C)(C)C#N)c1ccc[nH]1. The second-order valence-electron chi connectivity index (χ2n) is 3.66. The summed E-state index contributed by atoms with van der Waals surface area (Å²) in [6.45, 7) is 3.21. The summed E-state index contributed by atoms with van der Waals surface area (Å²) in [5.74, 6) is 0.473. The molecule has 14 heavy (non-hydrogen) atoms. The van der Waals surface area contributed by atoms with Gasteiger partial charge in [-0.15, -0.1) is 0 Å². The Morgan fingerprint density at radius 3 is 2.71 bits per heavy atom. The van der Waals surface area contributed by atoms with Gasteiger partial charge in [0.15, 0.2) is 0 Å². The highest BCUT2D eigenvalue weighted by molar-refractivity contribution is 5.97. The van der Waals surface area contributed by atoms with Gasteiger partial charge in [-0.1, -0.05) is 0 Å². The lowest BCUT2D eigenvalue weighted by Gasteiger charge is -2.22. The van der Waals surface area contributed by atoms with Crippen molar-refractivity contribution in [3.63, 3.8) is 0 Å². The molecule has 0 saturated carbocycles. The van der Waals surface area contributed by atoms with E-state index < -0.39 is 5.41 Å². The maximum Gasteiger partial charge on any atom is 0.247 e. The molecule has 0 bridgehead atoms. The Labute approximate surface area is 83.1 Å². The lowest BCUT2D eigenvalue weighted by Crippen LogP contribution is -2.37. The summed E-state index contributed by atoms with van der Waals surface area (Å²) >= 11 is 0. The van der Waals surface area contributed by atoms with Crippen LogP contribution >= 0.6 is 0 Å². The Balaban J connectivity index is 2.88. The Morgan fingerprint density at radius 1 is 1.64 bits per heavy atom. The minimum Gasteiger partial charge on any atom is -0.348 e. The van der Waals surface area contributed by atoms with Crippen LogP contribution in [0.2, 0.25) is 0 Å². The van der Waals surface area contributed by atoms with E-state index in [0.717, 1.165) is 0 Å². The van der Waals surface area contributed by atoms with E-state index in [-0.39, 0.29) is 5.91 Å². The number of nitrogens with one attached hydrogen (secondary N) is 1. The van der Waals surface area contributed by atoms with Crippen LogP contribution in [0.5, 0.6) is 0 Å². The van der Waals surface area contributed by atoms with Crippen molar-refractivity contribution in [2.45, 2.75) is 13.8 Å². The maximum atomic E-state index is 11.8. The number of hydrogen-bond acceptors (Lipinski definition) is 2. The number of nitrogens with zero attached hydrogens (tertiary/aromatic N) is 2. The van der Waals surface area contributed by atoms with E-state index in [2.05, 4.69) is 4.98 Å². The van der Waals surface area contributed by atoms with Crippen molar-refractivity contribution in [2.24, 2.45) is 5.41 Å². The van der Waals surface area contributed by atoms with E-state index >= 15 is 0 Å². The smallest absolute Gasteiger partial charge is 0.247 e. The van der Waals surface area contributed by atoms with Gasteiger partial charge in [-0.3, -0.25) is 4.79 Å². The molecule has 74 valence electrons. The zero-order chi connectivity index (χ0) is 10.8. The molecule has 0 aliphatic heterocycles. The minimum atomic E-state index is -0.986. The third-order valence-electron chi connectivity index (χ3n) is 2.06. The van der Waals surface area contributed by atoms with Crippen LogP contribution in [0.1, 0.15) is 13.8 Å². The third kappa shape index (κ3) is 1.77. The van der Waals surface area contributed by atoms with Gasteiger partial charge in [0, 0.05) is 13.2 Å². The molecule has 0 radical (unpaired) electrons. The van der Waals surface area contributed by atoms with Crippen LogP contribution in [0.4, 0.5) is 5.82 Å². The number of carbonyl (C=O) groups is 1. The molecule has 1 N–H and O–H groups in total. The number of anilines is 1. The number of amides is 1. The highest BCUT2D eigenvalue weighted by Crippen LogP contribution is 2.20. The van der Waals surface area contributed by atoms with Crippen molar-refractivity contribution in [1.29, 1.82) is 5.26 Å². The Morgan fingerprint density at radius 2 is 2.29 bits per heavy atom. The van der Waals surface area contributed by atoms with Gasteiger partial charge in [-0.25, -0.2) is 0 Å². The van der Waals surface area contributed by atoms with Gasteiger partial charge in [0.25, 0.3) is 0 Å². The zero-order valence-corrected chi connectivity index (χ0v) is 8.53. The first-order valence-corrected chi connectivity index (χ1v) is 4.32. The topological polar surface area (TPSA) is 59.9 Å². The molecule has 0 aliphatic carbocycles. The molecule has 0 unspecified atom stereocenters. The molecule has 4 heteroatoms. The average Bonchev–Trinajstić information content (AvgIpc) is 2.68. The van der Waals surface area contributed by atoms with Crippen LogP contribution in [-0.2, 0) is 4.79 Å². The molecular formula is C10H13N3O. The monoisotopic (exact) mass is 191 g/mol. The van der Waals surface area contributed by atoms with Gasteiger partial charge in [-0.2, -0.15) is 5.26 Å². The zero-order valence-electron chi connectivity index (χ0n) is 8.53. The van der Waals surface area contributed by atoms with Gasteiger partial charge in [0.1, 0.15) is 11.2 Å². The average molecular weight is 191 g/mol. The predicted molar refractivity (Wildman–Crippen MR) is 53.6 cm³/mol. The first kappa shape index (κ1) is 10.3. The third-order valence-corrected chi connectivity index (χ3v) is 2.06. The first-order valence-electron chi connectivity index (χ1n) is 4.32. The summed E-state index contributed by atoms with van der Waals surface area (Å²) in [5.41, 5.74) is -0.986. The molecule has 1 heterocycles. The van der Waals surface area contributed by atoms with Gasteiger partial charge in [0.05, 0.1) is 6.07 Å². The molecular weight excluding hydrogens is 178 g/mol. The quantitative estimate of drug-likeness (QED) is 0.770. The Hall–Kier alpha value is -1.76. The van der Waals surface area contributed by atoms with Crippen molar-refractivity contribution in [3.05, 3.63) is 18.3 Å². The number of aromatic nitrogens is 1. The number of rotatable bonds is 2. The van der Waals surface area contributed by atoms with E-state index in [0.29, 0.717) is 5.82 Å². The van der Waals surface area contributed by atoms with Gasteiger partial charge in [0.2, 0.25) is 5.91 Å². The summed E-state index contributed by atoms with van der Waals surface area (Å²) in [4.78, 5) is 16.1. The number of carbonyl (C=O) groups excluding carboxylic acids is 1. The summed E-state index contributed by atoms with van der Waals surface area (Å²) < 4.78 is 0. The van der Waals surface area contributed by atoms with Crippen molar-refractivity contribution < 1.29 is 4.79 Å². The molecule has 0 spiro atoms. The second kappa shape index (κ2) is 3.54. The van der Waals surface area contributed by atoms with Crippen molar-refractivity contribution in [2.75, 3.05) is 11.9 Å². The number of nitriles is 1. The van der Waals surface area contributed by atoms with Gasteiger partial charge < -0.3 is 9.88 Å². The molecule has 0 saturated heterocycles. The van der Waals surface area contributed by atoms with Crippen LogP contribution < -0.4 is 4.90 Å². The fourth-order valence-corrected chi connectivity index (χ4v) is 1.11. The highest BCUT2D eigenvalue weighted by Gasteiger charge is 2.31. The first-order chi connectivity index (χ1) is 6.49. The van der Waals surface area contributed by atoms with Crippen LogP contribution in [-0.4, -0.2) is 17.9 Å². The van der Waals surface area contributed by atoms with Crippen LogP contribution in [0.3, 0.4) is 0 Å². The van der Waals surface area contributed by atoms with E-state index in [4.69, 9.17) is 5.26 Å².